The summed E-state index contributed by atoms with van der Waals surface area (Å²) in [5, 5.41) is 0.748. The SMILES string of the molecule is CCONC(=O)C1CCCN1C(=O)c1cc(Cl)ccc1Cl. The van der Waals surface area contributed by atoms with Crippen LogP contribution >= 0.6 is 23.2 Å². The van der Waals surface area contributed by atoms with Crippen LogP contribution < -0.4 is 5.48 Å². The number of carbonyl (C=O) groups excluding carboxylic acids is 2. The van der Waals surface area contributed by atoms with Crippen molar-refractivity contribution in [3.8, 4) is 0 Å². The van der Waals surface area contributed by atoms with E-state index in [-0.39, 0.29) is 11.8 Å². The molecule has 2 amide bonds. The number of amides is 2. The summed E-state index contributed by atoms with van der Waals surface area (Å²) in [5.41, 5.74) is 2.65. The van der Waals surface area contributed by atoms with Crippen molar-refractivity contribution < 1.29 is 14.4 Å². The molecule has 7 heteroatoms. The fourth-order valence-corrected chi connectivity index (χ4v) is 2.68. The molecule has 0 spiro atoms. The predicted molar refractivity (Wildman–Crippen MR) is 80.3 cm³/mol. The Kier molecular flexibility index (Phi) is 5.45. The van der Waals surface area contributed by atoms with Gasteiger partial charge in [0.25, 0.3) is 11.8 Å². The molecule has 114 valence electrons. The lowest BCUT2D eigenvalue weighted by Gasteiger charge is -2.24. The molecule has 0 saturated carbocycles. The molecule has 0 aliphatic carbocycles. The van der Waals surface area contributed by atoms with Crippen molar-refractivity contribution in [2.24, 2.45) is 0 Å². The zero-order valence-electron chi connectivity index (χ0n) is 11.6. The van der Waals surface area contributed by atoms with Crippen LogP contribution in [0.3, 0.4) is 0 Å². The van der Waals surface area contributed by atoms with Crippen LogP contribution in [0.2, 0.25) is 10.0 Å². The number of halogens is 2. The minimum absolute atomic E-state index is 0.295. The van der Waals surface area contributed by atoms with Crippen molar-refractivity contribution >= 4 is 35.0 Å². The molecular formula is C14H16Cl2N2O3. The van der Waals surface area contributed by atoms with Crippen molar-refractivity contribution in [1.82, 2.24) is 10.4 Å². The van der Waals surface area contributed by atoms with E-state index in [9.17, 15) is 9.59 Å². The molecule has 0 radical (unpaired) electrons. The van der Waals surface area contributed by atoms with Gasteiger partial charge in [-0.2, -0.15) is 0 Å². The molecule has 1 aliphatic heterocycles. The van der Waals surface area contributed by atoms with Gasteiger partial charge in [-0.25, -0.2) is 5.48 Å². The maximum Gasteiger partial charge on any atom is 0.266 e. The van der Waals surface area contributed by atoms with Crippen LogP contribution in [0, 0.1) is 0 Å². The van der Waals surface area contributed by atoms with Gasteiger partial charge in [0.2, 0.25) is 0 Å². The van der Waals surface area contributed by atoms with Gasteiger partial charge in [-0.1, -0.05) is 23.2 Å². The van der Waals surface area contributed by atoms with Gasteiger partial charge in [0, 0.05) is 11.6 Å². The molecule has 0 aromatic heterocycles. The van der Waals surface area contributed by atoms with Crippen molar-refractivity contribution in [2.45, 2.75) is 25.8 Å². The summed E-state index contributed by atoms with van der Waals surface area (Å²) in [7, 11) is 0. The Balaban J connectivity index is 2.17. The van der Waals surface area contributed by atoms with Crippen molar-refractivity contribution in [3.05, 3.63) is 33.8 Å². The fraction of sp³-hybridized carbons (Fsp3) is 0.429. The second kappa shape index (κ2) is 7.11. The van der Waals surface area contributed by atoms with Gasteiger partial charge >= 0.3 is 0 Å². The van der Waals surface area contributed by atoms with Crippen LogP contribution in [-0.2, 0) is 9.63 Å². The van der Waals surface area contributed by atoms with E-state index < -0.39 is 6.04 Å². The number of hydroxylamine groups is 1. The second-order valence-corrected chi connectivity index (χ2v) is 5.52. The Morgan fingerprint density at radius 1 is 1.43 bits per heavy atom. The number of likely N-dealkylation sites (tertiary alicyclic amines) is 1. The molecule has 1 saturated heterocycles. The Hall–Kier alpha value is -1.30. The number of nitrogens with zero attached hydrogens (tertiary/aromatic N) is 1. The van der Waals surface area contributed by atoms with Gasteiger partial charge in [0.05, 0.1) is 17.2 Å². The lowest BCUT2D eigenvalue weighted by atomic mass is 10.1. The van der Waals surface area contributed by atoms with Crippen LogP contribution in [-0.4, -0.2) is 35.9 Å². The molecule has 1 N–H and O–H groups in total. The predicted octanol–water partition coefficient (Wildman–Crippen LogP) is 2.67. The van der Waals surface area contributed by atoms with Crippen LogP contribution in [0.1, 0.15) is 30.1 Å². The molecular weight excluding hydrogens is 315 g/mol. The number of hydrogen-bond acceptors (Lipinski definition) is 3. The molecule has 1 aromatic rings. The second-order valence-electron chi connectivity index (χ2n) is 4.68. The first kappa shape index (κ1) is 16.1. The highest BCUT2D eigenvalue weighted by Gasteiger charge is 2.35. The lowest BCUT2D eigenvalue weighted by Crippen LogP contribution is -2.46. The average Bonchev–Trinajstić information content (AvgIpc) is 2.96. The quantitative estimate of drug-likeness (QED) is 0.863. The molecule has 2 rings (SSSR count). The summed E-state index contributed by atoms with van der Waals surface area (Å²) in [6.07, 6.45) is 1.36. The molecule has 0 bridgehead atoms. The summed E-state index contributed by atoms with van der Waals surface area (Å²) >= 11 is 12.0. The summed E-state index contributed by atoms with van der Waals surface area (Å²) < 4.78 is 0. The largest absolute Gasteiger partial charge is 0.326 e. The number of carbonyl (C=O) groups is 2. The molecule has 1 fully saturated rings. The highest BCUT2D eigenvalue weighted by Crippen LogP contribution is 2.26. The lowest BCUT2D eigenvalue weighted by molar-refractivity contribution is -0.137. The number of nitrogens with one attached hydrogen (secondary N) is 1. The summed E-state index contributed by atoms with van der Waals surface area (Å²) in [6.45, 7) is 2.64. The third-order valence-corrected chi connectivity index (χ3v) is 3.86. The van der Waals surface area contributed by atoms with Crippen LogP contribution in [0.15, 0.2) is 18.2 Å². The molecule has 1 unspecified atom stereocenters. The Morgan fingerprint density at radius 2 is 2.19 bits per heavy atom. The fourth-order valence-electron chi connectivity index (χ4n) is 2.31. The summed E-state index contributed by atoms with van der Waals surface area (Å²) in [4.78, 5) is 31.0. The third kappa shape index (κ3) is 3.67. The van der Waals surface area contributed by atoms with E-state index >= 15 is 0 Å². The first-order chi connectivity index (χ1) is 10.0. The number of hydrogen-bond donors (Lipinski definition) is 1. The maximum absolute atomic E-state index is 12.6. The van der Waals surface area contributed by atoms with Crippen molar-refractivity contribution in [1.29, 1.82) is 0 Å². The van der Waals surface area contributed by atoms with Crippen molar-refractivity contribution in [3.63, 3.8) is 0 Å². The van der Waals surface area contributed by atoms with E-state index in [2.05, 4.69) is 5.48 Å². The topological polar surface area (TPSA) is 58.6 Å². The monoisotopic (exact) mass is 330 g/mol. The van der Waals surface area contributed by atoms with Gasteiger partial charge < -0.3 is 4.90 Å². The van der Waals surface area contributed by atoms with E-state index in [1.807, 2.05) is 0 Å². The molecule has 21 heavy (non-hydrogen) atoms. The standard InChI is InChI=1S/C14H16Cl2N2O3/c1-2-21-17-13(19)12-4-3-7-18(12)14(20)10-8-9(15)5-6-11(10)16/h5-6,8,12H,2-4,7H2,1H3,(H,17,19). The maximum atomic E-state index is 12.6. The van der Waals surface area contributed by atoms with E-state index in [1.165, 1.54) is 11.0 Å². The van der Waals surface area contributed by atoms with E-state index in [1.54, 1.807) is 19.1 Å². The summed E-state index contributed by atoms with van der Waals surface area (Å²) in [6, 6.07) is 4.16. The number of benzene rings is 1. The molecule has 1 aromatic carbocycles. The minimum atomic E-state index is -0.543. The van der Waals surface area contributed by atoms with Crippen molar-refractivity contribution in [2.75, 3.05) is 13.2 Å². The highest BCUT2D eigenvalue weighted by atomic mass is 35.5. The molecule has 1 atom stereocenters. The van der Waals surface area contributed by atoms with Gasteiger partial charge in [-0.3, -0.25) is 14.4 Å². The molecule has 1 aliphatic rings. The van der Waals surface area contributed by atoms with Crippen LogP contribution in [0.4, 0.5) is 0 Å². The Labute approximate surface area is 133 Å². The van der Waals surface area contributed by atoms with Gasteiger partial charge in [0.15, 0.2) is 0 Å². The Bertz CT molecular complexity index is 551. The first-order valence-corrected chi connectivity index (χ1v) is 7.48. The number of rotatable bonds is 4. The van der Waals surface area contributed by atoms with Gasteiger partial charge in [-0.15, -0.1) is 0 Å². The Morgan fingerprint density at radius 3 is 2.90 bits per heavy atom. The summed E-state index contributed by atoms with van der Waals surface area (Å²) in [5.74, 6) is -0.613. The van der Waals surface area contributed by atoms with E-state index in [0.29, 0.717) is 35.2 Å². The third-order valence-electron chi connectivity index (χ3n) is 3.29. The average molecular weight is 331 g/mol. The van der Waals surface area contributed by atoms with E-state index in [4.69, 9.17) is 28.0 Å². The van der Waals surface area contributed by atoms with E-state index in [0.717, 1.165) is 6.42 Å². The van der Waals surface area contributed by atoms with Gasteiger partial charge in [0.1, 0.15) is 6.04 Å². The smallest absolute Gasteiger partial charge is 0.266 e. The normalized spacial score (nSPS) is 17.9. The van der Waals surface area contributed by atoms with Gasteiger partial charge in [-0.05, 0) is 38.0 Å². The first-order valence-electron chi connectivity index (χ1n) is 6.72. The van der Waals surface area contributed by atoms with Crippen LogP contribution in [0.25, 0.3) is 0 Å². The van der Waals surface area contributed by atoms with Crippen LogP contribution in [0.5, 0.6) is 0 Å². The zero-order chi connectivity index (χ0) is 15.4. The molecule has 5 nitrogen and oxygen atoms in total. The molecule has 1 heterocycles. The highest BCUT2D eigenvalue weighted by molar-refractivity contribution is 6.35. The minimum Gasteiger partial charge on any atom is -0.326 e. The zero-order valence-corrected chi connectivity index (χ0v) is 13.1.